The molecule has 0 fully saturated rings. The molecule has 4 nitrogen and oxygen atoms in total. The van der Waals surface area contributed by atoms with E-state index in [9.17, 15) is 4.79 Å². The smallest absolute Gasteiger partial charge is 0.338 e. The molecule has 3 rings (SSSR count). The number of hydrogen-bond acceptors (Lipinski definition) is 4. The number of benzene rings is 1. The van der Waals surface area contributed by atoms with Crippen LogP contribution in [0.1, 0.15) is 21.7 Å². The van der Waals surface area contributed by atoms with Gasteiger partial charge in [0.05, 0.1) is 18.4 Å². The highest BCUT2D eigenvalue weighted by Gasteiger charge is 2.15. The van der Waals surface area contributed by atoms with Gasteiger partial charge in [0.1, 0.15) is 18.1 Å². The van der Waals surface area contributed by atoms with Crippen molar-refractivity contribution < 1.29 is 18.7 Å². The topological polar surface area (TPSA) is 48.7 Å². The molecular weight excluding hydrogens is 232 g/mol. The van der Waals surface area contributed by atoms with Gasteiger partial charge in [-0.15, -0.1) is 0 Å². The monoisotopic (exact) mass is 244 g/mol. The number of esters is 1. The molecule has 0 spiro atoms. The zero-order valence-electron chi connectivity index (χ0n) is 9.72. The van der Waals surface area contributed by atoms with Crippen molar-refractivity contribution in [2.24, 2.45) is 0 Å². The molecule has 0 atom stereocenters. The maximum atomic E-state index is 11.8. The van der Waals surface area contributed by atoms with Crippen molar-refractivity contribution in [2.75, 3.05) is 6.61 Å². The maximum Gasteiger partial charge on any atom is 0.338 e. The van der Waals surface area contributed by atoms with Crippen molar-refractivity contribution >= 4 is 5.97 Å². The zero-order valence-corrected chi connectivity index (χ0v) is 9.72. The first-order chi connectivity index (χ1) is 8.83. The molecule has 0 saturated heterocycles. The predicted molar refractivity (Wildman–Crippen MR) is 63.5 cm³/mol. The molecule has 92 valence electrons. The van der Waals surface area contributed by atoms with E-state index in [2.05, 4.69) is 0 Å². The average molecular weight is 244 g/mol. The van der Waals surface area contributed by atoms with Crippen LogP contribution < -0.4 is 4.74 Å². The number of carbonyl (C=O) groups is 1. The highest BCUT2D eigenvalue weighted by molar-refractivity contribution is 5.89. The molecule has 1 aliphatic heterocycles. The van der Waals surface area contributed by atoms with Crippen LogP contribution in [0.15, 0.2) is 41.0 Å². The molecule has 2 aromatic rings. The van der Waals surface area contributed by atoms with Gasteiger partial charge in [-0.05, 0) is 35.9 Å². The normalized spacial score (nSPS) is 12.9. The van der Waals surface area contributed by atoms with E-state index in [1.165, 1.54) is 0 Å². The Morgan fingerprint density at radius 1 is 1.33 bits per heavy atom. The van der Waals surface area contributed by atoms with Crippen LogP contribution in [-0.2, 0) is 17.8 Å². The van der Waals surface area contributed by atoms with Crippen LogP contribution in [0, 0.1) is 0 Å². The number of ether oxygens (including phenoxy) is 2. The summed E-state index contributed by atoms with van der Waals surface area (Å²) in [6.45, 7) is 0.833. The van der Waals surface area contributed by atoms with Crippen molar-refractivity contribution in [1.29, 1.82) is 0 Å². The van der Waals surface area contributed by atoms with E-state index in [0.717, 1.165) is 17.7 Å². The van der Waals surface area contributed by atoms with E-state index < -0.39 is 0 Å². The minimum Gasteiger partial charge on any atom is -0.493 e. The zero-order chi connectivity index (χ0) is 12.4. The SMILES string of the molecule is O=C(OCc1ccco1)c1ccc2c(c1)CCO2. The minimum absolute atomic E-state index is 0.152. The number of carbonyl (C=O) groups excluding carboxylic acids is 1. The molecular formula is C14H12O4. The summed E-state index contributed by atoms with van der Waals surface area (Å²) in [6.07, 6.45) is 2.39. The Labute approximate surface area is 104 Å². The van der Waals surface area contributed by atoms with Gasteiger partial charge in [-0.2, -0.15) is 0 Å². The highest BCUT2D eigenvalue weighted by atomic mass is 16.5. The summed E-state index contributed by atoms with van der Waals surface area (Å²) in [6, 6.07) is 8.88. The van der Waals surface area contributed by atoms with Gasteiger partial charge in [0.15, 0.2) is 0 Å². The third kappa shape index (κ3) is 2.09. The second kappa shape index (κ2) is 4.56. The molecule has 0 amide bonds. The fraction of sp³-hybridized carbons (Fsp3) is 0.214. The first-order valence-corrected chi connectivity index (χ1v) is 5.78. The van der Waals surface area contributed by atoms with Crippen LogP contribution in [0.25, 0.3) is 0 Å². The summed E-state index contributed by atoms with van der Waals surface area (Å²) in [5, 5.41) is 0. The summed E-state index contributed by atoms with van der Waals surface area (Å²) in [5.74, 6) is 1.14. The lowest BCUT2D eigenvalue weighted by Gasteiger charge is -2.04. The van der Waals surface area contributed by atoms with Crippen molar-refractivity contribution in [2.45, 2.75) is 13.0 Å². The van der Waals surface area contributed by atoms with Crippen LogP contribution in [0.4, 0.5) is 0 Å². The Hall–Kier alpha value is -2.23. The summed E-state index contributed by atoms with van der Waals surface area (Å²) >= 11 is 0. The first kappa shape index (κ1) is 10.9. The second-order valence-electron chi connectivity index (χ2n) is 4.08. The van der Waals surface area contributed by atoms with Gasteiger partial charge in [0.2, 0.25) is 0 Å². The molecule has 0 radical (unpaired) electrons. The van der Waals surface area contributed by atoms with Crippen molar-refractivity contribution in [3.63, 3.8) is 0 Å². The van der Waals surface area contributed by atoms with E-state index in [1.54, 1.807) is 24.5 Å². The first-order valence-electron chi connectivity index (χ1n) is 5.78. The van der Waals surface area contributed by atoms with Gasteiger partial charge in [-0.1, -0.05) is 0 Å². The quantitative estimate of drug-likeness (QED) is 0.778. The van der Waals surface area contributed by atoms with Crippen LogP contribution in [-0.4, -0.2) is 12.6 Å². The van der Waals surface area contributed by atoms with Crippen LogP contribution in [0.3, 0.4) is 0 Å². The molecule has 4 heteroatoms. The molecule has 0 aliphatic carbocycles. The largest absolute Gasteiger partial charge is 0.493 e. The predicted octanol–water partition coefficient (Wildman–Crippen LogP) is 2.57. The van der Waals surface area contributed by atoms with Crippen LogP contribution in [0.5, 0.6) is 5.75 Å². The molecule has 1 aromatic heterocycles. The van der Waals surface area contributed by atoms with Crippen molar-refractivity contribution in [3.05, 3.63) is 53.5 Å². The molecule has 0 N–H and O–H groups in total. The molecule has 2 heterocycles. The van der Waals surface area contributed by atoms with Crippen molar-refractivity contribution in [3.8, 4) is 5.75 Å². The van der Waals surface area contributed by atoms with Crippen LogP contribution >= 0.6 is 0 Å². The third-order valence-electron chi connectivity index (χ3n) is 2.85. The van der Waals surface area contributed by atoms with Crippen LogP contribution in [0.2, 0.25) is 0 Å². The summed E-state index contributed by atoms with van der Waals surface area (Å²) < 4.78 is 15.6. The maximum absolute atomic E-state index is 11.8. The lowest BCUT2D eigenvalue weighted by atomic mass is 10.1. The molecule has 0 saturated carbocycles. The Balaban J connectivity index is 1.69. The Kier molecular flexibility index (Phi) is 2.76. The number of fused-ring (bicyclic) bond motifs is 1. The van der Waals surface area contributed by atoms with E-state index >= 15 is 0 Å². The Morgan fingerprint density at radius 2 is 2.28 bits per heavy atom. The Bertz CT molecular complexity index is 557. The summed E-state index contributed by atoms with van der Waals surface area (Å²) in [5.41, 5.74) is 1.60. The molecule has 0 unspecified atom stereocenters. The minimum atomic E-state index is -0.346. The average Bonchev–Trinajstić information content (AvgIpc) is 3.05. The number of furan rings is 1. The van der Waals surface area contributed by atoms with Gasteiger partial charge in [-0.3, -0.25) is 0 Å². The number of rotatable bonds is 3. The molecule has 18 heavy (non-hydrogen) atoms. The van der Waals surface area contributed by atoms with Gasteiger partial charge in [-0.25, -0.2) is 4.79 Å². The van der Waals surface area contributed by atoms with Gasteiger partial charge < -0.3 is 13.9 Å². The number of hydrogen-bond donors (Lipinski definition) is 0. The highest BCUT2D eigenvalue weighted by Crippen LogP contribution is 2.26. The second-order valence-corrected chi connectivity index (χ2v) is 4.08. The summed E-state index contributed by atoms with van der Waals surface area (Å²) in [7, 11) is 0. The fourth-order valence-electron chi connectivity index (χ4n) is 1.93. The van der Waals surface area contributed by atoms with E-state index in [-0.39, 0.29) is 12.6 Å². The standard InChI is InChI=1S/C14H12O4/c15-14(18-9-12-2-1-6-16-12)11-3-4-13-10(8-11)5-7-17-13/h1-4,6,8H,5,7,9H2. The Morgan fingerprint density at radius 3 is 3.11 bits per heavy atom. The molecule has 1 aliphatic rings. The van der Waals surface area contributed by atoms with Gasteiger partial charge >= 0.3 is 5.97 Å². The van der Waals surface area contributed by atoms with E-state index in [1.807, 2.05) is 12.1 Å². The lowest BCUT2D eigenvalue weighted by molar-refractivity contribution is 0.0445. The third-order valence-corrected chi connectivity index (χ3v) is 2.85. The van der Waals surface area contributed by atoms with E-state index in [0.29, 0.717) is 17.9 Å². The van der Waals surface area contributed by atoms with Gasteiger partial charge in [0.25, 0.3) is 0 Å². The van der Waals surface area contributed by atoms with Crippen molar-refractivity contribution in [1.82, 2.24) is 0 Å². The lowest BCUT2D eigenvalue weighted by Crippen LogP contribution is -2.05. The van der Waals surface area contributed by atoms with E-state index in [4.69, 9.17) is 13.9 Å². The van der Waals surface area contributed by atoms with Gasteiger partial charge in [0, 0.05) is 6.42 Å². The molecule has 0 bridgehead atoms. The summed E-state index contributed by atoms with van der Waals surface area (Å²) in [4.78, 5) is 11.8. The molecule has 1 aromatic carbocycles. The fourth-order valence-corrected chi connectivity index (χ4v) is 1.93.